The predicted octanol–water partition coefficient (Wildman–Crippen LogP) is 1.50. The van der Waals surface area contributed by atoms with E-state index in [1.165, 1.54) is 19.3 Å². The summed E-state index contributed by atoms with van der Waals surface area (Å²) >= 11 is 0. The summed E-state index contributed by atoms with van der Waals surface area (Å²) in [5.41, 5.74) is 5.10. The van der Waals surface area contributed by atoms with Gasteiger partial charge in [-0.25, -0.2) is 0 Å². The van der Waals surface area contributed by atoms with Gasteiger partial charge in [0.1, 0.15) is 0 Å². The van der Waals surface area contributed by atoms with Crippen molar-refractivity contribution in [3.63, 3.8) is 0 Å². The maximum Gasteiger partial charge on any atom is 0.251 e. The van der Waals surface area contributed by atoms with Crippen LogP contribution in [0.1, 0.15) is 35.2 Å². The van der Waals surface area contributed by atoms with Crippen molar-refractivity contribution in [3.8, 4) is 0 Å². The number of aryl methyl sites for hydroxylation is 1. The number of carbonyl (C=O) groups excluding carboxylic acids is 1. The van der Waals surface area contributed by atoms with Crippen LogP contribution in [0.15, 0.2) is 18.2 Å². The minimum atomic E-state index is -0.0197. The van der Waals surface area contributed by atoms with Gasteiger partial charge in [-0.15, -0.1) is 0 Å². The van der Waals surface area contributed by atoms with Crippen molar-refractivity contribution in [2.24, 2.45) is 5.84 Å². The Bertz CT molecular complexity index is 455. The van der Waals surface area contributed by atoms with Gasteiger partial charge in [0.05, 0.1) is 5.69 Å². The number of nitrogen functional groups attached to an aromatic ring is 1. The third kappa shape index (κ3) is 3.95. The third-order valence-corrected chi connectivity index (χ3v) is 3.81. The van der Waals surface area contributed by atoms with E-state index in [2.05, 4.69) is 15.6 Å². The van der Waals surface area contributed by atoms with Crippen LogP contribution >= 0.6 is 0 Å². The third-order valence-electron chi connectivity index (χ3n) is 3.81. The number of nitrogens with zero attached hydrogens (tertiary/aromatic N) is 1. The van der Waals surface area contributed by atoms with Crippen LogP contribution in [0.5, 0.6) is 0 Å². The van der Waals surface area contributed by atoms with Gasteiger partial charge in [0.15, 0.2) is 0 Å². The Morgan fingerprint density at radius 2 is 2.05 bits per heavy atom. The van der Waals surface area contributed by atoms with Crippen molar-refractivity contribution in [2.75, 3.05) is 31.6 Å². The molecule has 0 saturated carbocycles. The van der Waals surface area contributed by atoms with Gasteiger partial charge in [-0.1, -0.05) is 6.42 Å². The number of benzene rings is 1. The lowest BCUT2D eigenvalue weighted by atomic mass is 10.1. The van der Waals surface area contributed by atoms with Crippen molar-refractivity contribution in [2.45, 2.75) is 26.2 Å². The Hall–Kier alpha value is -1.59. The van der Waals surface area contributed by atoms with E-state index in [9.17, 15) is 4.79 Å². The van der Waals surface area contributed by atoms with E-state index in [-0.39, 0.29) is 5.91 Å². The molecule has 5 heteroatoms. The zero-order valence-corrected chi connectivity index (χ0v) is 12.1. The monoisotopic (exact) mass is 276 g/mol. The van der Waals surface area contributed by atoms with E-state index in [4.69, 9.17) is 5.84 Å². The van der Waals surface area contributed by atoms with Gasteiger partial charge in [0, 0.05) is 18.7 Å². The van der Waals surface area contributed by atoms with Crippen LogP contribution < -0.4 is 16.6 Å². The lowest BCUT2D eigenvalue weighted by molar-refractivity contribution is 0.0946. The summed E-state index contributed by atoms with van der Waals surface area (Å²) in [5, 5.41) is 2.98. The largest absolute Gasteiger partial charge is 0.351 e. The summed E-state index contributed by atoms with van der Waals surface area (Å²) in [5.74, 6) is 5.36. The number of nitrogens with one attached hydrogen (secondary N) is 2. The highest BCUT2D eigenvalue weighted by Crippen LogP contribution is 2.15. The minimum absolute atomic E-state index is 0.0197. The number of likely N-dealkylation sites (tertiary alicyclic amines) is 1. The highest BCUT2D eigenvalue weighted by molar-refractivity contribution is 5.94. The number of nitrogens with two attached hydrogens (primary N) is 1. The molecule has 0 radical (unpaired) electrons. The van der Waals surface area contributed by atoms with Gasteiger partial charge in [0.2, 0.25) is 0 Å². The molecule has 110 valence electrons. The van der Waals surface area contributed by atoms with Crippen molar-refractivity contribution in [1.82, 2.24) is 10.2 Å². The number of hydrazine groups is 1. The topological polar surface area (TPSA) is 70.4 Å². The van der Waals surface area contributed by atoms with E-state index >= 15 is 0 Å². The molecule has 1 saturated heterocycles. The Morgan fingerprint density at radius 3 is 2.70 bits per heavy atom. The Balaban J connectivity index is 1.80. The molecule has 0 atom stereocenters. The molecule has 0 unspecified atom stereocenters. The van der Waals surface area contributed by atoms with E-state index in [0.29, 0.717) is 12.1 Å². The molecule has 0 bridgehead atoms. The van der Waals surface area contributed by atoms with Gasteiger partial charge in [-0.3, -0.25) is 10.6 Å². The summed E-state index contributed by atoms with van der Waals surface area (Å²) < 4.78 is 0. The molecular weight excluding hydrogens is 252 g/mol. The number of hydrogen-bond donors (Lipinski definition) is 3. The molecule has 1 aliphatic heterocycles. The number of anilines is 1. The zero-order valence-electron chi connectivity index (χ0n) is 12.1. The lowest BCUT2D eigenvalue weighted by Gasteiger charge is -2.26. The summed E-state index contributed by atoms with van der Waals surface area (Å²) in [7, 11) is 0. The number of rotatable bonds is 5. The maximum atomic E-state index is 12.1. The molecule has 2 rings (SSSR count). The fraction of sp³-hybridized carbons (Fsp3) is 0.533. The van der Waals surface area contributed by atoms with Gasteiger partial charge >= 0.3 is 0 Å². The van der Waals surface area contributed by atoms with Crippen molar-refractivity contribution in [3.05, 3.63) is 29.3 Å². The maximum absolute atomic E-state index is 12.1. The van der Waals surface area contributed by atoms with Crippen LogP contribution in [0, 0.1) is 6.92 Å². The number of hydrogen-bond acceptors (Lipinski definition) is 4. The van der Waals surface area contributed by atoms with E-state index < -0.39 is 0 Å². The highest BCUT2D eigenvalue weighted by atomic mass is 16.1. The smallest absolute Gasteiger partial charge is 0.251 e. The average Bonchev–Trinajstić information content (AvgIpc) is 2.48. The number of amides is 1. The van der Waals surface area contributed by atoms with Crippen LogP contribution in [0.2, 0.25) is 0 Å². The molecule has 0 spiro atoms. The molecule has 0 aliphatic carbocycles. The van der Waals surface area contributed by atoms with Crippen LogP contribution in [0.3, 0.4) is 0 Å². The van der Waals surface area contributed by atoms with Crippen LogP contribution in [-0.4, -0.2) is 37.0 Å². The molecule has 4 N–H and O–H groups in total. The summed E-state index contributed by atoms with van der Waals surface area (Å²) in [6.45, 7) is 5.89. The van der Waals surface area contributed by atoms with Gasteiger partial charge in [-0.2, -0.15) is 0 Å². The Kier molecular flexibility index (Phi) is 5.38. The molecule has 1 aromatic rings. The Labute approximate surface area is 120 Å². The molecule has 5 nitrogen and oxygen atoms in total. The van der Waals surface area contributed by atoms with E-state index in [0.717, 1.165) is 30.9 Å². The fourth-order valence-corrected chi connectivity index (χ4v) is 2.58. The van der Waals surface area contributed by atoms with Crippen LogP contribution in [-0.2, 0) is 0 Å². The molecular formula is C15H24N4O. The predicted molar refractivity (Wildman–Crippen MR) is 81.6 cm³/mol. The van der Waals surface area contributed by atoms with Crippen LogP contribution in [0.25, 0.3) is 0 Å². The second-order valence-corrected chi connectivity index (χ2v) is 5.33. The molecule has 1 fully saturated rings. The molecule has 1 aromatic carbocycles. The zero-order chi connectivity index (χ0) is 14.4. The number of piperidine rings is 1. The first-order chi connectivity index (χ1) is 9.70. The molecule has 1 amide bonds. The molecule has 20 heavy (non-hydrogen) atoms. The second kappa shape index (κ2) is 7.26. The summed E-state index contributed by atoms with van der Waals surface area (Å²) in [4.78, 5) is 14.5. The van der Waals surface area contributed by atoms with Gasteiger partial charge < -0.3 is 15.6 Å². The first-order valence-corrected chi connectivity index (χ1v) is 7.28. The highest BCUT2D eigenvalue weighted by Gasteiger charge is 2.11. The van der Waals surface area contributed by atoms with E-state index in [1.807, 2.05) is 19.1 Å². The van der Waals surface area contributed by atoms with Crippen molar-refractivity contribution in [1.29, 1.82) is 0 Å². The fourth-order valence-electron chi connectivity index (χ4n) is 2.58. The normalized spacial score (nSPS) is 15.9. The SMILES string of the molecule is Cc1cc(C(=O)NCCN2CCCCC2)ccc1NN. The van der Waals surface area contributed by atoms with Crippen molar-refractivity contribution >= 4 is 11.6 Å². The molecule has 1 heterocycles. The minimum Gasteiger partial charge on any atom is -0.351 e. The number of carbonyl (C=O) groups is 1. The molecule has 0 aromatic heterocycles. The summed E-state index contributed by atoms with van der Waals surface area (Å²) in [6.07, 6.45) is 3.89. The second-order valence-electron chi connectivity index (χ2n) is 5.33. The lowest BCUT2D eigenvalue weighted by Crippen LogP contribution is -2.37. The average molecular weight is 276 g/mol. The van der Waals surface area contributed by atoms with Gasteiger partial charge in [-0.05, 0) is 56.6 Å². The summed E-state index contributed by atoms with van der Waals surface area (Å²) in [6, 6.07) is 5.47. The van der Waals surface area contributed by atoms with E-state index in [1.54, 1.807) is 6.07 Å². The van der Waals surface area contributed by atoms with Crippen LogP contribution in [0.4, 0.5) is 5.69 Å². The standard InChI is InChI=1S/C15H24N4O/c1-12-11-13(5-6-14(12)18-16)15(20)17-7-10-19-8-3-2-4-9-19/h5-6,11,18H,2-4,7-10,16H2,1H3,(H,17,20). The molecule has 1 aliphatic rings. The first kappa shape index (κ1) is 14.8. The van der Waals surface area contributed by atoms with Crippen molar-refractivity contribution < 1.29 is 4.79 Å². The Morgan fingerprint density at radius 1 is 1.30 bits per heavy atom. The quantitative estimate of drug-likeness (QED) is 0.563. The van der Waals surface area contributed by atoms with Gasteiger partial charge in [0.25, 0.3) is 5.91 Å². The first-order valence-electron chi connectivity index (χ1n) is 7.28.